The molecule has 9 nitrogen and oxygen atoms in total. The number of carbonyl (C=O) groups is 1. The number of carbonyl (C=O) groups excluding carboxylic acids is 1. The summed E-state index contributed by atoms with van der Waals surface area (Å²) in [6.45, 7) is 10.5. The lowest BCUT2D eigenvalue weighted by Gasteiger charge is -2.33. The molecule has 2 aromatic rings. The van der Waals surface area contributed by atoms with E-state index in [0.29, 0.717) is 36.1 Å². The van der Waals surface area contributed by atoms with Gasteiger partial charge in [0.05, 0.1) is 11.5 Å². The van der Waals surface area contributed by atoms with Gasteiger partial charge in [0.25, 0.3) is 5.91 Å². The lowest BCUT2D eigenvalue weighted by atomic mass is 9.71. The number of nitrogens with zero attached hydrogens (tertiary/aromatic N) is 4. The molecule has 2 aromatic heterocycles. The van der Waals surface area contributed by atoms with Gasteiger partial charge in [-0.1, -0.05) is 25.9 Å². The van der Waals surface area contributed by atoms with Crippen LogP contribution >= 0.6 is 0 Å². The van der Waals surface area contributed by atoms with Crippen molar-refractivity contribution >= 4 is 11.6 Å². The molecule has 0 spiro atoms. The zero-order valence-electron chi connectivity index (χ0n) is 17.0. The maximum Gasteiger partial charge on any atom is 0.312 e. The minimum atomic E-state index is -0.430. The molecule has 1 atom stereocenters. The fourth-order valence-corrected chi connectivity index (χ4v) is 3.85. The van der Waals surface area contributed by atoms with Crippen molar-refractivity contribution in [2.75, 3.05) is 6.54 Å². The maximum atomic E-state index is 12.6. The van der Waals surface area contributed by atoms with Crippen LogP contribution in [0.1, 0.15) is 60.4 Å². The molecule has 0 saturated heterocycles. The molecule has 0 aliphatic heterocycles. The van der Waals surface area contributed by atoms with Crippen LogP contribution in [0.25, 0.3) is 0 Å². The van der Waals surface area contributed by atoms with Gasteiger partial charge in [-0.2, -0.15) is 5.10 Å². The molecule has 1 N–H and O–H groups in total. The molecule has 1 aliphatic carbocycles. The highest BCUT2D eigenvalue weighted by Crippen LogP contribution is 2.38. The first-order valence-electron chi connectivity index (χ1n) is 9.53. The van der Waals surface area contributed by atoms with Crippen LogP contribution in [0, 0.1) is 35.3 Å². The summed E-state index contributed by atoms with van der Waals surface area (Å²) in [6, 6.07) is 0. The summed E-state index contributed by atoms with van der Waals surface area (Å²) in [5.41, 5.74) is 2.28. The highest BCUT2D eigenvalue weighted by atomic mass is 16.6. The number of aromatic nitrogens is 3. The molecule has 0 fully saturated rings. The summed E-state index contributed by atoms with van der Waals surface area (Å²) < 4.78 is 6.94. The summed E-state index contributed by atoms with van der Waals surface area (Å²) >= 11 is 0. The van der Waals surface area contributed by atoms with Gasteiger partial charge in [0, 0.05) is 18.5 Å². The largest absolute Gasteiger partial charge is 0.360 e. The van der Waals surface area contributed by atoms with Gasteiger partial charge in [-0.25, -0.2) is 0 Å². The van der Waals surface area contributed by atoms with E-state index in [1.807, 2.05) is 0 Å². The molecule has 0 bridgehead atoms. The van der Waals surface area contributed by atoms with E-state index in [1.54, 1.807) is 18.5 Å². The first-order valence-corrected chi connectivity index (χ1v) is 9.53. The third-order valence-corrected chi connectivity index (χ3v) is 5.61. The van der Waals surface area contributed by atoms with E-state index in [1.165, 1.54) is 0 Å². The van der Waals surface area contributed by atoms with Crippen LogP contribution in [-0.4, -0.2) is 32.3 Å². The summed E-state index contributed by atoms with van der Waals surface area (Å²) in [7, 11) is 0. The number of amides is 1. The summed E-state index contributed by atoms with van der Waals surface area (Å²) in [5.74, 6) is 0.997. The first kappa shape index (κ1) is 20.0. The maximum absolute atomic E-state index is 12.6. The second kappa shape index (κ2) is 7.37. The van der Waals surface area contributed by atoms with Crippen molar-refractivity contribution < 1.29 is 14.2 Å². The number of fused-ring (bicyclic) bond motifs is 1. The molecular weight excluding hydrogens is 362 g/mol. The van der Waals surface area contributed by atoms with Crippen LogP contribution in [0.5, 0.6) is 0 Å². The minimum absolute atomic E-state index is 0.0186. The number of hydrogen-bond donors (Lipinski definition) is 1. The average Bonchev–Trinajstić information content (AvgIpc) is 3.14. The topological polar surface area (TPSA) is 116 Å². The molecule has 0 aromatic carbocycles. The van der Waals surface area contributed by atoms with Gasteiger partial charge in [0.1, 0.15) is 17.1 Å². The van der Waals surface area contributed by atoms with Crippen LogP contribution in [0.3, 0.4) is 0 Å². The Labute approximate surface area is 163 Å². The van der Waals surface area contributed by atoms with Crippen molar-refractivity contribution in [1.82, 2.24) is 20.3 Å². The number of aryl methyl sites for hydroxylation is 2. The van der Waals surface area contributed by atoms with Crippen molar-refractivity contribution in [2.45, 2.75) is 60.4 Å². The van der Waals surface area contributed by atoms with Crippen molar-refractivity contribution in [1.29, 1.82) is 0 Å². The first-order chi connectivity index (χ1) is 13.1. The number of nitrogens with one attached hydrogen (secondary N) is 1. The van der Waals surface area contributed by atoms with Gasteiger partial charge >= 0.3 is 5.69 Å². The molecule has 152 valence electrons. The zero-order chi connectivity index (χ0) is 20.6. The van der Waals surface area contributed by atoms with Crippen LogP contribution in [0.15, 0.2) is 4.52 Å². The average molecular weight is 389 g/mol. The van der Waals surface area contributed by atoms with Crippen LogP contribution < -0.4 is 5.32 Å². The molecule has 3 rings (SSSR count). The molecule has 1 aliphatic rings. The third-order valence-electron chi connectivity index (χ3n) is 5.61. The van der Waals surface area contributed by atoms with Gasteiger partial charge < -0.3 is 9.84 Å². The minimum Gasteiger partial charge on any atom is -0.360 e. The number of rotatable bonds is 5. The summed E-state index contributed by atoms with van der Waals surface area (Å²) in [5, 5.41) is 22.1. The number of nitro groups is 1. The summed E-state index contributed by atoms with van der Waals surface area (Å²) in [4.78, 5) is 23.3. The Kier molecular flexibility index (Phi) is 5.27. The van der Waals surface area contributed by atoms with Gasteiger partial charge in [0.15, 0.2) is 5.69 Å². The molecule has 2 heterocycles. The van der Waals surface area contributed by atoms with Gasteiger partial charge in [0.2, 0.25) is 0 Å². The Hall–Kier alpha value is -2.71. The molecule has 0 radical (unpaired) electrons. The van der Waals surface area contributed by atoms with Gasteiger partial charge in [-0.15, -0.1) is 0 Å². The van der Waals surface area contributed by atoms with Crippen LogP contribution in [0.2, 0.25) is 0 Å². The summed E-state index contributed by atoms with van der Waals surface area (Å²) in [6.07, 6.45) is 2.62. The monoisotopic (exact) mass is 389 g/mol. The highest BCUT2D eigenvalue weighted by Gasteiger charge is 2.34. The molecular formula is C19H27N5O4. The lowest BCUT2D eigenvalue weighted by Crippen LogP contribution is -2.31. The SMILES string of the molecule is Cc1nn(CCNC(=O)c2noc3c2CC(C(C)(C)C)CC3)c(C)c1[N+](=O)[O-]. The van der Waals surface area contributed by atoms with E-state index < -0.39 is 4.92 Å². The van der Waals surface area contributed by atoms with Gasteiger partial charge in [-0.3, -0.25) is 19.6 Å². The fourth-order valence-electron chi connectivity index (χ4n) is 3.85. The Morgan fingerprint density at radius 2 is 2.11 bits per heavy atom. The van der Waals surface area contributed by atoms with E-state index >= 15 is 0 Å². The van der Waals surface area contributed by atoms with E-state index in [9.17, 15) is 14.9 Å². The van der Waals surface area contributed by atoms with E-state index in [0.717, 1.165) is 30.6 Å². The van der Waals surface area contributed by atoms with Crippen LogP contribution in [0.4, 0.5) is 5.69 Å². The van der Waals surface area contributed by atoms with E-state index in [4.69, 9.17) is 4.52 Å². The van der Waals surface area contributed by atoms with Gasteiger partial charge in [-0.05, 0) is 38.0 Å². The molecule has 1 amide bonds. The third kappa shape index (κ3) is 3.79. The quantitative estimate of drug-likeness (QED) is 0.621. The second-order valence-corrected chi connectivity index (χ2v) is 8.49. The number of hydrogen-bond acceptors (Lipinski definition) is 6. The van der Waals surface area contributed by atoms with E-state index in [2.05, 4.69) is 36.3 Å². The molecule has 28 heavy (non-hydrogen) atoms. The van der Waals surface area contributed by atoms with Crippen molar-refractivity contribution in [2.24, 2.45) is 11.3 Å². The molecule has 0 saturated carbocycles. The van der Waals surface area contributed by atoms with E-state index in [-0.39, 0.29) is 17.0 Å². The Morgan fingerprint density at radius 3 is 2.71 bits per heavy atom. The highest BCUT2D eigenvalue weighted by molar-refractivity contribution is 5.93. The second-order valence-electron chi connectivity index (χ2n) is 8.49. The Balaban J connectivity index is 1.65. The van der Waals surface area contributed by atoms with Crippen LogP contribution in [-0.2, 0) is 19.4 Å². The molecule has 9 heteroatoms. The van der Waals surface area contributed by atoms with Crippen molar-refractivity contribution in [3.63, 3.8) is 0 Å². The zero-order valence-corrected chi connectivity index (χ0v) is 17.0. The van der Waals surface area contributed by atoms with Crippen molar-refractivity contribution in [3.05, 3.63) is 38.5 Å². The lowest BCUT2D eigenvalue weighted by molar-refractivity contribution is -0.386. The Bertz CT molecular complexity index is 906. The fraction of sp³-hybridized carbons (Fsp3) is 0.632. The molecule has 1 unspecified atom stereocenters. The normalized spacial score (nSPS) is 16.7. The smallest absolute Gasteiger partial charge is 0.312 e. The standard InChI is InChI=1S/C19H27N5O4/c1-11-17(24(26)27)12(2)23(21-11)9-8-20-18(25)16-14-10-13(19(3,4)5)6-7-15(14)28-22-16/h13H,6-10H2,1-5H3,(H,20,25). The van der Waals surface area contributed by atoms with Crippen molar-refractivity contribution in [3.8, 4) is 0 Å². The predicted octanol–water partition coefficient (Wildman–Crippen LogP) is 2.98. The predicted molar refractivity (Wildman–Crippen MR) is 102 cm³/mol. The Morgan fingerprint density at radius 1 is 1.39 bits per heavy atom.